The summed E-state index contributed by atoms with van der Waals surface area (Å²) in [4.78, 5) is 22.7. The highest BCUT2D eigenvalue weighted by molar-refractivity contribution is 5.81. The minimum absolute atomic E-state index is 0.109. The predicted molar refractivity (Wildman–Crippen MR) is 55.3 cm³/mol. The molecule has 0 saturated carbocycles. The van der Waals surface area contributed by atoms with Gasteiger partial charge in [-0.1, -0.05) is 19.6 Å². The fourth-order valence-electron chi connectivity index (χ4n) is 1.01. The van der Waals surface area contributed by atoms with E-state index in [0.717, 1.165) is 11.0 Å². The van der Waals surface area contributed by atoms with Crippen molar-refractivity contribution in [3.63, 3.8) is 0 Å². The van der Waals surface area contributed by atoms with Crippen molar-refractivity contribution in [3.8, 4) is 0 Å². The molecule has 15 heavy (non-hydrogen) atoms. The molecular weight excluding hydrogens is 198 g/mol. The number of carboxylic acid groups (broad SMARTS) is 1. The van der Waals surface area contributed by atoms with Gasteiger partial charge >= 0.3 is 12.1 Å². The van der Waals surface area contributed by atoms with E-state index in [1.807, 2.05) is 0 Å². The third-order valence-electron chi connectivity index (χ3n) is 1.69. The molecule has 0 aliphatic heterocycles. The summed E-state index contributed by atoms with van der Waals surface area (Å²) in [6, 6.07) is 0. The number of carbonyl (C=O) groups excluding carboxylic acids is 1. The fraction of sp³-hybridized carbons (Fsp3) is 0.400. The quantitative estimate of drug-likeness (QED) is 0.315. The van der Waals surface area contributed by atoms with Crippen LogP contribution in [-0.2, 0) is 9.53 Å². The number of amides is 1. The molecule has 0 saturated heterocycles. The molecule has 0 radical (unpaired) electrons. The van der Waals surface area contributed by atoms with E-state index in [1.165, 1.54) is 6.08 Å². The summed E-state index contributed by atoms with van der Waals surface area (Å²) < 4.78 is 4.87. The molecule has 0 rings (SSSR count). The summed E-state index contributed by atoms with van der Waals surface area (Å²) in [5.74, 6) is -0.642. The van der Waals surface area contributed by atoms with Crippen molar-refractivity contribution in [2.45, 2.75) is 19.6 Å². The Balaban J connectivity index is 4.57. The fourth-order valence-corrected chi connectivity index (χ4v) is 1.01. The normalized spacial score (nSPS) is 11.3. The number of carbonyl (C=O) groups is 2. The molecule has 0 aromatic heterocycles. The number of esters is 1. The number of hydrogen-bond acceptors (Lipinski definition) is 3. The van der Waals surface area contributed by atoms with E-state index in [0.29, 0.717) is 6.42 Å². The van der Waals surface area contributed by atoms with Crippen LogP contribution in [0.3, 0.4) is 0 Å². The molecule has 0 aliphatic carbocycles. The maximum absolute atomic E-state index is 10.9. The molecule has 5 nitrogen and oxygen atoms in total. The van der Waals surface area contributed by atoms with E-state index in [9.17, 15) is 9.59 Å². The highest BCUT2D eigenvalue weighted by Crippen LogP contribution is 2.07. The minimum atomic E-state index is -1.15. The van der Waals surface area contributed by atoms with E-state index < -0.39 is 18.3 Å². The van der Waals surface area contributed by atoms with Gasteiger partial charge in [-0.2, -0.15) is 0 Å². The van der Waals surface area contributed by atoms with Crippen LogP contribution in [0.25, 0.3) is 0 Å². The zero-order chi connectivity index (χ0) is 11.8. The van der Waals surface area contributed by atoms with Gasteiger partial charge in [0.05, 0.1) is 0 Å². The van der Waals surface area contributed by atoms with E-state index in [4.69, 9.17) is 9.84 Å². The first kappa shape index (κ1) is 13.2. The molecular formula is C10H15NO4. The molecule has 84 valence electrons. The molecule has 0 spiro atoms. The van der Waals surface area contributed by atoms with Crippen LogP contribution in [0.15, 0.2) is 25.3 Å². The summed E-state index contributed by atoms with van der Waals surface area (Å²) in [7, 11) is 0. The molecule has 1 N–H and O–H groups in total. The minimum Gasteiger partial charge on any atom is -0.465 e. The second-order valence-corrected chi connectivity index (χ2v) is 2.73. The van der Waals surface area contributed by atoms with Gasteiger partial charge in [-0.25, -0.2) is 9.59 Å². The zero-order valence-corrected chi connectivity index (χ0v) is 8.68. The molecule has 0 heterocycles. The molecule has 0 fully saturated rings. The Morgan fingerprint density at radius 3 is 2.47 bits per heavy atom. The topological polar surface area (TPSA) is 66.8 Å². The largest absolute Gasteiger partial charge is 0.465 e. The average Bonchev–Trinajstić information content (AvgIpc) is 2.22. The second-order valence-electron chi connectivity index (χ2n) is 2.73. The molecule has 0 aliphatic rings. The first-order valence-corrected chi connectivity index (χ1v) is 4.50. The summed E-state index contributed by atoms with van der Waals surface area (Å²) in [5.41, 5.74) is 0. The lowest BCUT2D eigenvalue weighted by Gasteiger charge is -2.26. The van der Waals surface area contributed by atoms with Crippen LogP contribution in [0.5, 0.6) is 0 Å². The Labute approximate surface area is 88.6 Å². The Hall–Kier alpha value is -1.78. The lowest BCUT2D eigenvalue weighted by molar-refractivity contribution is -0.150. The van der Waals surface area contributed by atoms with Gasteiger partial charge in [0.25, 0.3) is 0 Å². The predicted octanol–water partition coefficient (Wildman–Crippen LogP) is 1.62. The maximum Gasteiger partial charge on any atom is 0.410 e. The zero-order valence-electron chi connectivity index (χ0n) is 8.68. The number of rotatable bonds is 6. The third-order valence-corrected chi connectivity index (χ3v) is 1.69. The lowest BCUT2D eigenvalue weighted by atomic mass is 10.3. The van der Waals surface area contributed by atoms with Crippen LogP contribution < -0.4 is 0 Å². The SMILES string of the molecule is C=CCN(C(=O)O)C(CC)OC(=O)C=C. The molecule has 0 bridgehead atoms. The Morgan fingerprint density at radius 2 is 2.13 bits per heavy atom. The Kier molecular flexibility index (Phi) is 5.85. The van der Waals surface area contributed by atoms with Gasteiger partial charge < -0.3 is 9.84 Å². The van der Waals surface area contributed by atoms with Gasteiger partial charge in [-0.3, -0.25) is 4.90 Å². The van der Waals surface area contributed by atoms with Crippen LogP contribution in [0.2, 0.25) is 0 Å². The second kappa shape index (κ2) is 6.64. The van der Waals surface area contributed by atoms with Crippen LogP contribution in [-0.4, -0.2) is 34.8 Å². The van der Waals surface area contributed by atoms with Crippen molar-refractivity contribution >= 4 is 12.1 Å². The Bertz CT molecular complexity index is 262. The van der Waals surface area contributed by atoms with Crippen LogP contribution in [0, 0.1) is 0 Å². The monoisotopic (exact) mass is 213 g/mol. The number of hydrogen-bond donors (Lipinski definition) is 1. The van der Waals surface area contributed by atoms with Crippen molar-refractivity contribution < 1.29 is 19.4 Å². The first-order chi connectivity index (χ1) is 7.06. The molecule has 1 amide bonds. The van der Waals surface area contributed by atoms with E-state index in [-0.39, 0.29) is 6.54 Å². The van der Waals surface area contributed by atoms with Gasteiger partial charge in [0.2, 0.25) is 0 Å². The molecule has 0 aromatic carbocycles. The van der Waals surface area contributed by atoms with E-state index in [2.05, 4.69) is 13.2 Å². The number of nitrogens with zero attached hydrogens (tertiary/aromatic N) is 1. The van der Waals surface area contributed by atoms with Gasteiger partial charge in [-0.05, 0) is 0 Å². The van der Waals surface area contributed by atoms with Gasteiger partial charge in [0.15, 0.2) is 6.23 Å². The summed E-state index contributed by atoms with van der Waals surface area (Å²) >= 11 is 0. The van der Waals surface area contributed by atoms with Gasteiger partial charge in [0, 0.05) is 19.0 Å². The molecule has 0 aromatic rings. The highest BCUT2D eigenvalue weighted by Gasteiger charge is 2.23. The van der Waals surface area contributed by atoms with Crippen molar-refractivity contribution in [3.05, 3.63) is 25.3 Å². The summed E-state index contributed by atoms with van der Waals surface area (Å²) in [5, 5.41) is 8.85. The highest BCUT2D eigenvalue weighted by atomic mass is 16.6. The maximum atomic E-state index is 10.9. The molecule has 5 heteroatoms. The van der Waals surface area contributed by atoms with Crippen molar-refractivity contribution in [2.75, 3.05) is 6.54 Å². The van der Waals surface area contributed by atoms with Crippen molar-refractivity contribution in [2.24, 2.45) is 0 Å². The summed E-state index contributed by atoms with van der Waals surface area (Å²) in [6.07, 6.45) is 0.846. The van der Waals surface area contributed by atoms with Crippen LogP contribution in [0.4, 0.5) is 4.79 Å². The lowest BCUT2D eigenvalue weighted by Crippen LogP contribution is -2.41. The van der Waals surface area contributed by atoms with E-state index in [1.54, 1.807) is 6.92 Å². The van der Waals surface area contributed by atoms with Crippen molar-refractivity contribution in [1.29, 1.82) is 0 Å². The number of ether oxygens (including phenoxy) is 1. The van der Waals surface area contributed by atoms with Gasteiger partial charge in [-0.15, -0.1) is 6.58 Å². The Morgan fingerprint density at radius 1 is 1.53 bits per heavy atom. The molecule has 1 unspecified atom stereocenters. The molecule has 1 atom stereocenters. The van der Waals surface area contributed by atoms with Crippen molar-refractivity contribution in [1.82, 2.24) is 4.90 Å². The first-order valence-electron chi connectivity index (χ1n) is 4.50. The smallest absolute Gasteiger partial charge is 0.410 e. The summed E-state index contributed by atoms with van der Waals surface area (Å²) in [6.45, 7) is 8.50. The third kappa shape index (κ3) is 4.30. The van der Waals surface area contributed by atoms with Gasteiger partial charge in [0.1, 0.15) is 0 Å². The van der Waals surface area contributed by atoms with E-state index >= 15 is 0 Å². The van der Waals surface area contributed by atoms with Crippen LogP contribution >= 0.6 is 0 Å². The average molecular weight is 213 g/mol. The standard InChI is InChI=1S/C10H15NO4/c1-4-7-11(10(13)14)8(5-2)15-9(12)6-3/h4,6,8H,1,3,5,7H2,2H3,(H,13,14). The van der Waals surface area contributed by atoms with Crippen LogP contribution in [0.1, 0.15) is 13.3 Å².